The van der Waals surface area contributed by atoms with E-state index < -0.39 is 0 Å². The fourth-order valence-electron chi connectivity index (χ4n) is 3.52. The molecule has 4 rings (SSSR count). The van der Waals surface area contributed by atoms with Crippen molar-refractivity contribution in [3.05, 3.63) is 70.9 Å². The van der Waals surface area contributed by atoms with Crippen LogP contribution < -0.4 is 5.32 Å². The molecule has 0 fully saturated rings. The third-order valence-electron chi connectivity index (χ3n) is 4.99. The minimum atomic E-state index is -0.0671. The Bertz CT molecular complexity index is 1000. The second kappa shape index (κ2) is 7.19. The first-order chi connectivity index (χ1) is 13.1. The van der Waals surface area contributed by atoms with Gasteiger partial charge in [-0.15, -0.1) is 0 Å². The highest BCUT2D eigenvalue weighted by Crippen LogP contribution is 2.26. The molecule has 5 heteroatoms. The van der Waals surface area contributed by atoms with Crippen LogP contribution in [0.5, 0.6) is 0 Å². The summed E-state index contributed by atoms with van der Waals surface area (Å²) in [4.78, 5) is 23.9. The molecule has 5 nitrogen and oxygen atoms in total. The van der Waals surface area contributed by atoms with E-state index >= 15 is 0 Å². The number of carbonyl (C=O) groups is 2. The van der Waals surface area contributed by atoms with E-state index in [0.29, 0.717) is 17.8 Å². The zero-order valence-electron chi connectivity index (χ0n) is 15.2. The molecule has 0 unspecified atom stereocenters. The topological polar surface area (TPSA) is 74.8 Å². The van der Waals surface area contributed by atoms with Gasteiger partial charge in [0.05, 0.1) is 6.42 Å². The number of anilines is 1. The van der Waals surface area contributed by atoms with Crippen LogP contribution in [0.4, 0.5) is 5.82 Å². The number of aromatic amines is 1. The van der Waals surface area contributed by atoms with E-state index in [-0.39, 0.29) is 11.7 Å². The Kier molecular flexibility index (Phi) is 4.59. The highest BCUT2D eigenvalue weighted by Gasteiger charge is 2.19. The molecule has 1 amide bonds. The second-order valence-corrected chi connectivity index (χ2v) is 6.94. The quantitative estimate of drug-likeness (QED) is 0.677. The molecule has 1 aliphatic rings. The van der Waals surface area contributed by atoms with E-state index in [2.05, 4.69) is 15.5 Å². The van der Waals surface area contributed by atoms with Gasteiger partial charge in [0.25, 0.3) is 0 Å². The molecule has 0 saturated heterocycles. The summed E-state index contributed by atoms with van der Waals surface area (Å²) in [5.41, 5.74) is 5.93. The average molecular weight is 359 g/mol. The number of hydrogen-bond acceptors (Lipinski definition) is 3. The molecule has 136 valence electrons. The maximum Gasteiger partial charge on any atom is 0.230 e. The van der Waals surface area contributed by atoms with Gasteiger partial charge in [-0.05, 0) is 48.9 Å². The Hall–Kier alpha value is -3.21. The number of aryl methyl sites for hydroxylation is 1. The number of ketones is 1. The Morgan fingerprint density at radius 3 is 2.67 bits per heavy atom. The monoisotopic (exact) mass is 359 g/mol. The van der Waals surface area contributed by atoms with Crippen molar-refractivity contribution in [3.63, 3.8) is 0 Å². The zero-order valence-corrected chi connectivity index (χ0v) is 15.2. The number of hydrogen-bond donors (Lipinski definition) is 2. The van der Waals surface area contributed by atoms with Gasteiger partial charge in [0.1, 0.15) is 0 Å². The molecule has 0 saturated carbocycles. The number of amides is 1. The summed E-state index contributed by atoms with van der Waals surface area (Å²) in [5.74, 6) is 0.655. The first kappa shape index (κ1) is 17.2. The Balaban J connectivity index is 1.44. The van der Waals surface area contributed by atoms with Crippen LogP contribution in [0, 0.1) is 0 Å². The maximum atomic E-state index is 12.4. The van der Waals surface area contributed by atoms with Gasteiger partial charge in [0, 0.05) is 16.8 Å². The first-order valence-corrected chi connectivity index (χ1v) is 9.16. The molecule has 27 heavy (non-hydrogen) atoms. The van der Waals surface area contributed by atoms with Crippen LogP contribution in [-0.4, -0.2) is 21.9 Å². The molecular formula is C22H21N3O2. The average Bonchev–Trinajstić information content (AvgIpc) is 3.28. The number of rotatable bonds is 5. The van der Waals surface area contributed by atoms with E-state index in [9.17, 15) is 9.59 Å². The minimum absolute atomic E-state index is 0.0509. The molecule has 0 bridgehead atoms. The molecule has 1 aromatic heterocycles. The van der Waals surface area contributed by atoms with Gasteiger partial charge in [-0.2, -0.15) is 5.10 Å². The third-order valence-corrected chi connectivity index (χ3v) is 4.99. The van der Waals surface area contributed by atoms with E-state index in [4.69, 9.17) is 0 Å². The smallest absolute Gasteiger partial charge is 0.230 e. The lowest BCUT2D eigenvalue weighted by Gasteiger charge is -2.07. The van der Waals surface area contributed by atoms with Crippen molar-refractivity contribution in [1.29, 1.82) is 0 Å². The van der Waals surface area contributed by atoms with Crippen LogP contribution in [0.1, 0.15) is 40.5 Å². The van der Waals surface area contributed by atoms with Gasteiger partial charge in [0.2, 0.25) is 5.91 Å². The van der Waals surface area contributed by atoms with Gasteiger partial charge in [0.15, 0.2) is 11.6 Å². The number of H-pyrrole nitrogens is 1. The van der Waals surface area contributed by atoms with Crippen molar-refractivity contribution in [2.45, 2.75) is 32.6 Å². The molecule has 2 N–H and O–H groups in total. The Morgan fingerprint density at radius 1 is 1.07 bits per heavy atom. The number of carbonyl (C=O) groups excluding carboxylic acids is 2. The Labute approximate surface area is 157 Å². The molecule has 0 atom stereocenters. The van der Waals surface area contributed by atoms with Crippen molar-refractivity contribution in [2.24, 2.45) is 0 Å². The number of benzene rings is 2. The van der Waals surface area contributed by atoms with Gasteiger partial charge in [-0.1, -0.05) is 42.5 Å². The fraction of sp³-hybridized carbons (Fsp3) is 0.227. The first-order valence-electron chi connectivity index (χ1n) is 9.16. The molecule has 0 spiro atoms. The summed E-state index contributed by atoms with van der Waals surface area (Å²) < 4.78 is 0. The molecule has 1 heterocycles. The lowest BCUT2D eigenvalue weighted by molar-refractivity contribution is -0.115. The number of nitrogens with zero attached hydrogens (tertiary/aromatic N) is 1. The summed E-state index contributed by atoms with van der Waals surface area (Å²) in [6, 6.07) is 15.4. The highest BCUT2D eigenvalue weighted by atomic mass is 16.1. The van der Waals surface area contributed by atoms with Crippen molar-refractivity contribution in [1.82, 2.24) is 10.2 Å². The number of Topliss-reactive ketones (excluding diaryl/α,β-unsaturated/α-hetero) is 1. The lowest BCUT2D eigenvalue weighted by atomic mass is 10.00. The number of aromatic nitrogens is 2. The predicted molar refractivity (Wildman–Crippen MR) is 105 cm³/mol. The standard InChI is InChI=1S/C22H21N3O2/c1-14(26)17-4-2-5-18(13-17)16-10-8-15(9-11-16)12-21(27)23-22-19-6-3-7-20(19)24-25-22/h2,4-5,8-11,13H,3,6-7,12H2,1H3,(H2,23,24,25,27). The predicted octanol–water partition coefficient (Wildman–Crippen LogP) is 3.95. The maximum absolute atomic E-state index is 12.4. The van der Waals surface area contributed by atoms with Crippen LogP contribution in [0.3, 0.4) is 0 Å². The summed E-state index contributed by atoms with van der Waals surface area (Å²) in [7, 11) is 0. The van der Waals surface area contributed by atoms with Crippen molar-refractivity contribution < 1.29 is 9.59 Å². The summed E-state index contributed by atoms with van der Waals surface area (Å²) in [6.45, 7) is 1.57. The van der Waals surface area contributed by atoms with Gasteiger partial charge < -0.3 is 5.32 Å². The van der Waals surface area contributed by atoms with Crippen molar-refractivity contribution >= 4 is 17.5 Å². The SMILES string of the molecule is CC(=O)c1cccc(-c2ccc(CC(=O)Nc3n[nH]c4c3CCC4)cc2)c1. The second-order valence-electron chi connectivity index (χ2n) is 6.94. The molecule has 1 aliphatic carbocycles. The van der Waals surface area contributed by atoms with E-state index in [1.807, 2.05) is 48.5 Å². The Morgan fingerprint density at radius 2 is 1.89 bits per heavy atom. The minimum Gasteiger partial charge on any atom is -0.309 e. The molecule has 2 aromatic carbocycles. The van der Waals surface area contributed by atoms with Crippen LogP contribution >= 0.6 is 0 Å². The van der Waals surface area contributed by atoms with Gasteiger partial charge in [-0.3, -0.25) is 14.7 Å². The highest BCUT2D eigenvalue weighted by molar-refractivity contribution is 5.95. The number of fused-ring (bicyclic) bond motifs is 1. The van der Waals surface area contributed by atoms with E-state index in [1.54, 1.807) is 6.92 Å². The van der Waals surface area contributed by atoms with Crippen LogP contribution in [0.15, 0.2) is 48.5 Å². The molecule has 0 aliphatic heterocycles. The molecule has 0 radical (unpaired) electrons. The van der Waals surface area contributed by atoms with Crippen LogP contribution in [0.2, 0.25) is 0 Å². The lowest BCUT2D eigenvalue weighted by Crippen LogP contribution is -2.15. The van der Waals surface area contributed by atoms with Crippen LogP contribution in [0.25, 0.3) is 11.1 Å². The van der Waals surface area contributed by atoms with Gasteiger partial charge >= 0.3 is 0 Å². The third kappa shape index (κ3) is 3.67. The normalized spacial score (nSPS) is 12.6. The zero-order chi connectivity index (χ0) is 18.8. The van der Waals surface area contributed by atoms with E-state index in [0.717, 1.165) is 47.2 Å². The fourth-order valence-corrected chi connectivity index (χ4v) is 3.52. The number of nitrogens with one attached hydrogen (secondary N) is 2. The summed E-state index contributed by atoms with van der Waals surface area (Å²) >= 11 is 0. The van der Waals surface area contributed by atoms with Crippen molar-refractivity contribution in [2.75, 3.05) is 5.32 Å². The van der Waals surface area contributed by atoms with Crippen molar-refractivity contribution in [3.8, 4) is 11.1 Å². The summed E-state index contributed by atoms with van der Waals surface area (Å²) in [5, 5.41) is 10.1. The summed E-state index contributed by atoms with van der Waals surface area (Å²) in [6.07, 6.45) is 3.38. The largest absolute Gasteiger partial charge is 0.309 e. The molecular weight excluding hydrogens is 338 g/mol. The van der Waals surface area contributed by atoms with Gasteiger partial charge in [-0.25, -0.2) is 0 Å². The van der Waals surface area contributed by atoms with E-state index in [1.165, 1.54) is 0 Å². The molecule has 3 aromatic rings. The van der Waals surface area contributed by atoms with Crippen LogP contribution in [-0.2, 0) is 24.1 Å².